The average Bonchev–Trinajstić information content (AvgIpc) is 2.55. The third kappa shape index (κ3) is 3.42. The van der Waals surface area contributed by atoms with Crippen molar-refractivity contribution in [3.63, 3.8) is 0 Å². The van der Waals surface area contributed by atoms with E-state index in [1.165, 1.54) is 0 Å². The number of aromatic nitrogens is 4. The topological polar surface area (TPSA) is 83.8 Å². The van der Waals surface area contributed by atoms with Gasteiger partial charge in [0.05, 0.1) is 5.56 Å². The molecule has 0 bridgehead atoms. The Morgan fingerprint density at radius 1 is 1.09 bits per heavy atom. The molecular weight excluding hydrogens is 290 g/mol. The molecule has 0 aliphatic carbocycles. The molecule has 3 rings (SSSR count). The fourth-order valence-corrected chi connectivity index (χ4v) is 2.22. The number of nitrogens with one attached hydrogen (secondary N) is 1. The number of hydrogen-bond acceptors (Lipinski definition) is 6. The van der Waals surface area contributed by atoms with Crippen LogP contribution < -0.4 is 5.32 Å². The normalized spacial score (nSPS) is 10.5. The van der Waals surface area contributed by atoms with Gasteiger partial charge in [0.15, 0.2) is 5.82 Å². The Labute approximate surface area is 134 Å². The van der Waals surface area contributed by atoms with Crippen LogP contribution in [0.15, 0.2) is 42.6 Å². The molecule has 0 radical (unpaired) electrons. The minimum Gasteiger partial charge on any atom is -0.508 e. The summed E-state index contributed by atoms with van der Waals surface area (Å²) in [7, 11) is 0. The summed E-state index contributed by atoms with van der Waals surface area (Å²) in [6, 6.07) is 10.6. The lowest BCUT2D eigenvalue weighted by Crippen LogP contribution is -2.04. The molecule has 2 N–H and O–H groups in total. The molecule has 1 aromatic carbocycles. The zero-order valence-electron chi connectivity index (χ0n) is 13.0. The first-order chi connectivity index (χ1) is 11.2. The first-order valence-corrected chi connectivity index (χ1v) is 7.38. The van der Waals surface area contributed by atoms with Gasteiger partial charge in [-0.3, -0.25) is 0 Å². The van der Waals surface area contributed by atoms with E-state index in [0.29, 0.717) is 17.5 Å². The molecule has 0 fully saturated rings. The van der Waals surface area contributed by atoms with Crippen molar-refractivity contribution in [2.24, 2.45) is 0 Å². The third-order valence-corrected chi connectivity index (χ3v) is 3.27. The number of aromatic hydroxyl groups is 1. The van der Waals surface area contributed by atoms with Gasteiger partial charge in [0, 0.05) is 24.4 Å². The lowest BCUT2D eigenvalue weighted by atomic mass is 10.2. The van der Waals surface area contributed by atoms with Gasteiger partial charge in [0.2, 0.25) is 0 Å². The SMILES string of the molecule is CCc1nc(C)nc(-c2cccnc2Nc2cccc(O)c2)n1. The molecule has 116 valence electrons. The minimum absolute atomic E-state index is 0.191. The molecule has 0 saturated heterocycles. The Kier molecular flexibility index (Phi) is 4.14. The van der Waals surface area contributed by atoms with Gasteiger partial charge in [-0.05, 0) is 31.2 Å². The molecule has 0 unspecified atom stereocenters. The Bertz CT molecular complexity index is 835. The lowest BCUT2D eigenvalue weighted by molar-refractivity contribution is 0.475. The summed E-state index contributed by atoms with van der Waals surface area (Å²) in [5, 5.41) is 12.8. The van der Waals surface area contributed by atoms with Crippen molar-refractivity contribution < 1.29 is 5.11 Å². The number of phenolic OH excluding ortho intramolecular Hbond substituents is 1. The fourth-order valence-electron chi connectivity index (χ4n) is 2.22. The molecule has 0 atom stereocenters. The highest BCUT2D eigenvalue weighted by atomic mass is 16.3. The van der Waals surface area contributed by atoms with Gasteiger partial charge in [-0.1, -0.05) is 13.0 Å². The van der Waals surface area contributed by atoms with Crippen LogP contribution in [0, 0.1) is 6.92 Å². The molecule has 0 aliphatic rings. The Morgan fingerprint density at radius 2 is 1.96 bits per heavy atom. The van der Waals surface area contributed by atoms with Crippen LogP contribution in [0.5, 0.6) is 5.75 Å². The predicted molar refractivity (Wildman–Crippen MR) is 88.6 cm³/mol. The van der Waals surface area contributed by atoms with Crippen molar-refractivity contribution in [2.45, 2.75) is 20.3 Å². The second-order valence-corrected chi connectivity index (χ2v) is 5.05. The number of anilines is 2. The van der Waals surface area contributed by atoms with E-state index in [0.717, 1.165) is 23.5 Å². The second-order valence-electron chi connectivity index (χ2n) is 5.05. The van der Waals surface area contributed by atoms with Gasteiger partial charge >= 0.3 is 0 Å². The summed E-state index contributed by atoms with van der Waals surface area (Å²) in [6.07, 6.45) is 2.44. The van der Waals surface area contributed by atoms with Crippen LogP contribution >= 0.6 is 0 Å². The summed E-state index contributed by atoms with van der Waals surface area (Å²) in [6.45, 7) is 3.86. The Morgan fingerprint density at radius 3 is 2.74 bits per heavy atom. The van der Waals surface area contributed by atoms with Gasteiger partial charge in [-0.15, -0.1) is 0 Å². The van der Waals surface area contributed by atoms with E-state index in [1.54, 1.807) is 24.4 Å². The van der Waals surface area contributed by atoms with Crippen molar-refractivity contribution in [1.29, 1.82) is 0 Å². The van der Waals surface area contributed by atoms with Crippen LogP contribution in [0.4, 0.5) is 11.5 Å². The van der Waals surface area contributed by atoms with Gasteiger partial charge in [-0.25, -0.2) is 19.9 Å². The molecule has 6 heteroatoms. The maximum atomic E-state index is 9.59. The van der Waals surface area contributed by atoms with Crippen molar-refractivity contribution in [2.75, 3.05) is 5.32 Å². The number of phenols is 1. The van der Waals surface area contributed by atoms with E-state index in [2.05, 4.69) is 25.3 Å². The van der Waals surface area contributed by atoms with Crippen LogP contribution in [0.1, 0.15) is 18.6 Å². The van der Waals surface area contributed by atoms with Crippen LogP contribution in [0.3, 0.4) is 0 Å². The van der Waals surface area contributed by atoms with E-state index < -0.39 is 0 Å². The zero-order chi connectivity index (χ0) is 16.2. The van der Waals surface area contributed by atoms with Gasteiger partial charge in [0.25, 0.3) is 0 Å². The van der Waals surface area contributed by atoms with Gasteiger partial charge in [0.1, 0.15) is 23.2 Å². The summed E-state index contributed by atoms with van der Waals surface area (Å²) >= 11 is 0. The molecular formula is C17H17N5O. The molecule has 0 spiro atoms. The predicted octanol–water partition coefficient (Wildman–Crippen LogP) is 3.25. The van der Waals surface area contributed by atoms with E-state index in [-0.39, 0.29) is 5.75 Å². The standard InChI is InChI=1S/C17H17N5O/c1-3-15-19-11(2)20-17(22-15)14-8-5-9-18-16(14)21-12-6-4-7-13(23)10-12/h4-10,23H,3H2,1-2H3,(H,18,21). The maximum absolute atomic E-state index is 9.59. The number of aryl methyl sites for hydroxylation is 2. The van der Waals surface area contributed by atoms with Gasteiger partial charge in [-0.2, -0.15) is 0 Å². The quantitative estimate of drug-likeness (QED) is 0.769. The minimum atomic E-state index is 0.191. The number of benzene rings is 1. The summed E-state index contributed by atoms with van der Waals surface area (Å²) in [4.78, 5) is 17.6. The smallest absolute Gasteiger partial charge is 0.167 e. The third-order valence-electron chi connectivity index (χ3n) is 3.27. The fraction of sp³-hybridized carbons (Fsp3) is 0.176. The van der Waals surface area contributed by atoms with Crippen molar-refractivity contribution in [3.05, 3.63) is 54.2 Å². The molecule has 0 amide bonds. The van der Waals surface area contributed by atoms with Crippen molar-refractivity contribution in [1.82, 2.24) is 19.9 Å². The average molecular weight is 307 g/mol. The first kappa shape index (κ1) is 14.9. The molecule has 0 aliphatic heterocycles. The highest BCUT2D eigenvalue weighted by molar-refractivity contribution is 5.74. The van der Waals surface area contributed by atoms with Crippen molar-refractivity contribution in [3.8, 4) is 17.1 Å². The molecule has 3 aromatic rings. The highest BCUT2D eigenvalue weighted by Crippen LogP contribution is 2.27. The molecule has 0 saturated carbocycles. The molecule has 2 heterocycles. The Hall–Kier alpha value is -3.02. The number of rotatable bonds is 4. The number of hydrogen-bond donors (Lipinski definition) is 2. The van der Waals surface area contributed by atoms with Crippen LogP contribution in [-0.2, 0) is 6.42 Å². The molecule has 23 heavy (non-hydrogen) atoms. The van der Waals surface area contributed by atoms with E-state index in [1.807, 2.05) is 32.0 Å². The lowest BCUT2D eigenvalue weighted by Gasteiger charge is -2.11. The van der Waals surface area contributed by atoms with Gasteiger partial charge < -0.3 is 10.4 Å². The monoisotopic (exact) mass is 307 g/mol. The summed E-state index contributed by atoms with van der Waals surface area (Å²) in [5.41, 5.74) is 1.53. The summed E-state index contributed by atoms with van der Waals surface area (Å²) in [5.74, 6) is 2.84. The summed E-state index contributed by atoms with van der Waals surface area (Å²) < 4.78 is 0. The van der Waals surface area contributed by atoms with Crippen molar-refractivity contribution >= 4 is 11.5 Å². The van der Waals surface area contributed by atoms with Crippen LogP contribution in [0.25, 0.3) is 11.4 Å². The van der Waals surface area contributed by atoms with Crippen LogP contribution in [0.2, 0.25) is 0 Å². The first-order valence-electron chi connectivity index (χ1n) is 7.38. The van der Waals surface area contributed by atoms with E-state index in [9.17, 15) is 5.11 Å². The van der Waals surface area contributed by atoms with Crippen LogP contribution in [-0.4, -0.2) is 25.0 Å². The Balaban J connectivity index is 2.02. The van der Waals surface area contributed by atoms with E-state index in [4.69, 9.17) is 0 Å². The molecule has 2 aromatic heterocycles. The highest BCUT2D eigenvalue weighted by Gasteiger charge is 2.11. The number of nitrogens with zero attached hydrogens (tertiary/aromatic N) is 4. The number of pyridine rings is 1. The largest absolute Gasteiger partial charge is 0.508 e. The second kappa shape index (κ2) is 6.39. The maximum Gasteiger partial charge on any atom is 0.167 e. The van der Waals surface area contributed by atoms with E-state index >= 15 is 0 Å². The zero-order valence-corrected chi connectivity index (χ0v) is 13.0. The molecule has 6 nitrogen and oxygen atoms in total.